The van der Waals surface area contributed by atoms with Gasteiger partial charge in [-0.2, -0.15) is 0 Å². The fourth-order valence-corrected chi connectivity index (χ4v) is 3.37. The second kappa shape index (κ2) is 11.0. The van der Waals surface area contributed by atoms with Crippen LogP contribution >= 0.6 is 15.9 Å². The van der Waals surface area contributed by atoms with Crippen LogP contribution in [0.4, 0.5) is 0 Å². The highest BCUT2D eigenvalue weighted by atomic mass is 79.9. The van der Waals surface area contributed by atoms with E-state index in [9.17, 15) is 9.59 Å². The first kappa shape index (κ1) is 23.5. The lowest BCUT2D eigenvalue weighted by molar-refractivity contribution is -0.136. The van der Waals surface area contributed by atoms with Crippen LogP contribution in [0.1, 0.15) is 46.8 Å². The highest BCUT2D eigenvalue weighted by molar-refractivity contribution is 9.10. The second-order valence-corrected chi connectivity index (χ2v) is 8.50. The summed E-state index contributed by atoms with van der Waals surface area (Å²) in [7, 11) is 0. The third-order valence-corrected chi connectivity index (χ3v) is 5.65. The van der Waals surface area contributed by atoms with E-state index in [0.717, 1.165) is 21.2 Å². The molecular formula is C26H25BrO5. The molecule has 0 radical (unpaired) electrons. The van der Waals surface area contributed by atoms with Crippen LogP contribution in [-0.2, 0) is 16.1 Å². The maximum Gasteiger partial charge on any atom is 0.349 e. The van der Waals surface area contributed by atoms with E-state index >= 15 is 0 Å². The molecule has 6 heteroatoms. The van der Waals surface area contributed by atoms with Gasteiger partial charge in [0.05, 0.1) is 5.56 Å². The van der Waals surface area contributed by atoms with Crippen molar-refractivity contribution in [2.45, 2.75) is 33.3 Å². The van der Waals surface area contributed by atoms with Crippen LogP contribution in [-0.4, -0.2) is 18.5 Å². The molecule has 0 heterocycles. The summed E-state index contributed by atoms with van der Waals surface area (Å²) < 4.78 is 17.4. The fraction of sp³-hybridized carbons (Fsp3) is 0.231. The Morgan fingerprint density at radius 3 is 2.31 bits per heavy atom. The lowest BCUT2D eigenvalue weighted by Gasteiger charge is -2.15. The zero-order chi connectivity index (χ0) is 23.1. The Kier molecular flexibility index (Phi) is 8.06. The lowest BCUT2D eigenvalue weighted by Crippen LogP contribution is -2.18. The molecule has 0 bridgehead atoms. The van der Waals surface area contributed by atoms with E-state index in [2.05, 4.69) is 29.8 Å². The van der Waals surface area contributed by atoms with Crippen LogP contribution in [0.15, 0.2) is 71.2 Å². The molecule has 166 valence electrons. The molecule has 0 aliphatic heterocycles. The standard InChI is InChI=1S/C26H25BrO5/c1-17(2)22-14-23(27)18(3)13-24(22)30-16-25(28)32-21-11-9-20(10-12-21)26(29)31-15-19-7-5-4-6-8-19/h4-14,17H,15-16H2,1-3H3. The van der Waals surface area contributed by atoms with Gasteiger partial charge in [-0.1, -0.05) is 60.1 Å². The summed E-state index contributed by atoms with van der Waals surface area (Å²) in [6.45, 7) is 6.07. The van der Waals surface area contributed by atoms with Gasteiger partial charge in [0.25, 0.3) is 0 Å². The molecular weight excluding hydrogens is 472 g/mol. The maximum absolute atomic E-state index is 12.2. The van der Waals surface area contributed by atoms with Crippen LogP contribution in [0.2, 0.25) is 0 Å². The molecule has 0 fully saturated rings. The number of aryl methyl sites for hydroxylation is 1. The number of hydrogen-bond acceptors (Lipinski definition) is 5. The SMILES string of the molecule is Cc1cc(OCC(=O)Oc2ccc(C(=O)OCc3ccccc3)cc2)c(C(C)C)cc1Br. The quantitative estimate of drug-likeness (QED) is 0.273. The predicted octanol–water partition coefficient (Wildman–Crippen LogP) is 6.22. The number of ether oxygens (including phenoxy) is 3. The first-order valence-electron chi connectivity index (χ1n) is 10.3. The number of rotatable bonds is 8. The Morgan fingerprint density at radius 1 is 0.969 bits per heavy atom. The van der Waals surface area contributed by atoms with Crippen molar-refractivity contribution in [3.63, 3.8) is 0 Å². The molecule has 3 aromatic rings. The summed E-state index contributed by atoms with van der Waals surface area (Å²) in [6.07, 6.45) is 0. The normalized spacial score (nSPS) is 10.7. The minimum Gasteiger partial charge on any atom is -0.482 e. The summed E-state index contributed by atoms with van der Waals surface area (Å²) in [6, 6.07) is 19.6. The van der Waals surface area contributed by atoms with Crippen LogP contribution in [0.3, 0.4) is 0 Å². The Balaban J connectivity index is 1.54. The van der Waals surface area contributed by atoms with Gasteiger partial charge < -0.3 is 14.2 Å². The van der Waals surface area contributed by atoms with E-state index in [1.807, 2.05) is 49.4 Å². The van der Waals surface area contributed by atoms with E-state index in [-0.39, 0.29) is 19.1 Å². The predicted molar refractivity (Wildman–Crippen MR) is 126 cm³/mol. The average molecular weight is 497 g/mol. The topological polar surface area (TPSA) is 61.8 Å². The zero-order valence-electron chi connectivity index (χ0n) is 18.3. The molecule has 5 nitrogen and oxygen atoms in total. The van der Waals surface area contributed by atoms with Crippen LogP contribution < -0.4 is 9.47 Å². The number of carbonyl (C=O) groups excluding carboxylic acids is 2. The number of benzene rings is 3. The molecule has 0 saturated carbocycles. The molecule has 0 spiro atoms. The average Bonchev–Trinajstić information content (AvgIpc) is 2.79. The van der Waals surface area contributed by atoms with Gasteiger partial charge >= 0.3 is 11.9 Å². The number of esters is 2. The van der Waals surface area contributed by atoms with Crippen LogP contribution in [0.5, 0.6) is 11.5 Å². The monoisotopic (exact) mass is 496 g/mol. The summed E-state index contributed by atoms with van der Waals surface area (Å²) in [5.74, 6) is 0.261. The third kappa shape index (κ3) is 6.44. The van der Waals surface area contributed by atoms with Gasteiger partial charge in [0.1, 0.15) is 18.1 Å². The van der Waals surface area contributed by atoms with Gasteiger partial charge in [-0.15, -0.1) is 0 Å². The van der Waals surface area contributed by atoms with Gasteiger partial charge in [0.15, 0.2) is 6.61 Å². The minimum absolute atomic E-state index is 0.196. The van der Waals surface area contributed by atoms with Gasteiger partial charge in [-0.3, -0.25) is 0 Å². The zero-order valence-corrected chi connectivity index (χ0v) is 19.8. The molecule has 0 aromatic heterocycles. The largest absolute Gasteiger partial charge is 0.482 e. The van der Waals surface area contributed by atoms with E-state index in [4.69, 9.17) is 14.2 Å². The molecule has 0 saturated heterocycles. The summed E-state index contributed by atoms with van der Waals surface area (Å²) in [5, 5.41) is 0. The van der Waals surface area contributed by atoms with Crippen molar-refractivity contribution < 1.29 is 23.8 Å². The van der Waals surface area contributed by atoms with E-state index < -0.39 is 11.9 Å². The Bertz CT molecular complexity index is 1080. The van der Waals surface area contributed by atoms with Crippen molar-refractivity contribution >= 4 is 27.9 Å². The molecule has 3 rings (SSSR count). The first-order chi connectivity index (χ1) is 15.3. The maximum atomic E-state index is 12.2. The van der Waals surface area contributed by atoms with Crippen molar-refractivity contribution in [2.75, 3.05) is 6.61 Å². The molecule has 0 aliphatic rings. The fourth-order valence-electron chi connectivity index (χ4n) is 3.01. The first-order valence-corrected chi connectivity index (χ1v) is 11.1. The van der Waals surface area contributed by atoms with Gasteiger partial charge in [0, 0.05) is 4.47 Å². The van der Waals surface area contributed by atoms with Gasteiger partial charge in [-0.05, 0) is 65.9 Å². The number of hydrogen-bond donors (Lipinski definition) is 0. The van der Waals surface area contributed by atoms with Crippen molar-refractivity contribution in [3.05, 3.63) is 93.5 Å². The van der Waals surface area contributed by atoms with Crippen LogP contribution in [0, 0.1) is 6.92 Å². The minimum atomic E-state index is -0.528. The van der Waals surface area contributed by atoms with E-state index in [1.165, 1.54) is 0 Å². The molecule has 0 atom stereocenters. The van der Waals surface area contributed by atoms with Gasteiger partial charge in [-0.25, -0.2) is 9.59 Å². The second-order valence-electron chi connectivity index (χ2n) is 7.64. The summed E-state index contributed by atoms with van der Waals surface area (Å²) >= 11 is 3.53. The Morgan fingerprint density at radius 2 is 1.66 bits per heavy atom. The van der Waals surface area contributed by atoms with Crippen molar-refractivity contribution in [1.29, 1.82) is 0 Å². The third-order valence-electron chi connectivity index (χ3n) is 4.79. The smallest absolute Gasteiger partial charge is 0.349 e. The van der Waals surface area contributed by atoms with Crippen LogP contribution in [0.25, 0.3) is 0 Å². The highest BCUT2D eigenvalue weighted by Gasteiger charge is 2.14. The van der Waals surface area contributed by atoms with Gasteiger partial charge in [0.2, 0.25) is 0 Å². The molecule has 0 N–H and O–H groups in total. The summed E-state index contributed by atoms with van der Waals surface area (Å²) in [5.41, 5.74) is 3.32. The number of halogens is 1. The summed E-state index contributed by atoms with van der Waals surface area (Å²) in [4.78, 5) is 24.4. The molecule has 3 aromatic carbocycles. The molecule has 0 aliphatic carbocycles. The Hall–Kier alpha value is -3.12. The van der Waals surface area contributed by atoms with Crippen molar-refractivity contribution in [1.82, 2.24) is 0 Å². The number of carbonyl (C=O) groups is 2. The van der Waals surface area contributed by atoms with E-state index in [1.54, 1.807) is 24.3 Å². The molecule has 0 amide bonds. The molecule has 32 heavy (non-hydrogen) atoms. The highest BCUT2D eigenvalue weighted by Crippen LogP contribution is 2.32. The van der Waals surface area contributed by atoms with Crippen molar-refractivity contribution in [2.24, 2.45) is 0 Å². The lowest BCUT2D eigenvalue weighted by atomic mass is 10.0. The molecule has 0 unspecified atom stereocenters. The van der Waals surface area contributed by atoms with E-state index in [0.29, 0.717) is 17.1 Å². The Labute approximate surface area is 196 Å². The van der Waals surface area contributed by atoms with Crippen molar-refractivity contribution in [3.8, 4) is 11.5 Å².